The highest BCUT2D eigenvalue weighted by atomic mass is 16.6. The summed E-state index contributed by atoms with van der Waals surface area (Å²) in [4.78, 5) is 14.4. The van der Waals surface area contributed by atoms with E-state index in [2.05, 4.69) is 22.4 Å². The molecular formula is C17H30N2O2. The molecule has 0 aromatic heterocycles. The molecule has 2 unspecified atom stereocenters. The average molecular weight is 294 g/mol. The van der Waals surface area contributed by atoms with Crippen LogP contribution in [0.4, 0.5) is 4.79 Å². The number of hydrogen-bond acceptors (Lipinski definition) is 3. The highest BCUT2D eigenvalue weighted by Gasteiger charge is 2.28. The van der Waals surface area contributed by atoms with Gasteiger partial charge in [0.15, 0.2) is 0 Å². The minimum atomic E-state index is -0.428. The maximum absolute atomic E-state index is 11.8. The highest BCUT2D eigenvalue weighted by Crippen LogP contribution is 2.25. The van der Waals surface area contributed by atoms with Gasteiger partial charge in [-0.2, -0.15) is 0 Å². The topological polar surface area (TPSA) is 41.6 Å². The minimum absolute atomic E-state index is 0.299. The quantitative estimate of drug-likeness (QED) is 0.810. The smallest absolute Gasteiger partial charge is 0.407 e. The normalized spacial score (nSPS) is 27.4. The molecule has 1 saturated heterocycles. The van der Waals surface area contributed by atoms with E-state index in [1.807, 2.05) is 20.8 Å². The Labute approximate surface area is 128 Å². The van der Waals surface area contributed by atoms with Gasteiger partial charge in [0.05, 0.1) is 0 Å². The Morgan fingerprint density at radius 1 is 1.29 bits per heavy atom. The van der Waals surface area contributed by atoms with E-state index in [0.29, 0.717) is 18.6 Å². The number of nitrogens with one attached hydrogen (secondary N) is 1. The van der Waals surface area contributed by atoms with Crippen molar-refractivity contribution in [2.24, 2.45) is 0 Å². The number of piperidine rings is 1. The highest BCUT2D eigenvalue weighted by molar-refractivity contribution is 5.67. The molecule has 1 fully saturated rings. The van der Waals surface area contributed by atoms with Crippen molar-refractivity contribution in [3.05, 3.63) is 12.2 Å². The number of rotatable bonds is 3. The first-order valence-electron chi connectivity index (χ1n) is 8.35. The molecule has 0 bridgehead atoms. The zero-order valence-corrected chi connectivity index (χ0v) is 13.7. The van der Waals surface area contributed by atoms with Crippen LogP contribution in [0.3, 0.4) is 0 Å². The fraction of sp³-hybridized carbons (Fsp3) is 0.824. The van der Waals surface area contributed by atoms with Gasteiger partial charge in [-0.15, -0.1) is 0 Å². The molecule has 0 aromatic rings. The van der Waals surface area contributed by atoms with Crippen LogP contribution in [0.1, 0.15) is 59.3 Å². The summed E-state index contributed by atoms with van der Waals surface area (Å²) < 4.78 is 5.33. The third kappa shape index (κ3) is 5.34. The van der Waals surface area contributed by atoms with Gasteiger partial charge in [-0.1, -0.05) is 18.6 Å². The van der Waals surface area contributed by atoms with Crippen LogP contribution in [0.15, 0.2) is 12.2 Å². The number of carbonyl (C=O) groups excluding carboxylic acids is 1. The number of nitrogens with zero attached hydrogens (tertiary/aromatic N) is 1. The Morgan fingerprint density at radius 3 is 2.76 bits per heavy atom. The first-order valence-corrected chi connectivity index (χ1v) is 8.35. The van der Waals surface area contributed by atoms with E-state index in [1.165, 1.54) is 38.5 Å². The van der Waals surface area contributed by atoms with Crippen molar-refractivity contribution >= 4 is 6.09 Å². The van der Waals surface area contributed by atoms with E-state index in [1.54, 1.807) is 0 Å². The van der Waals surface area contributed by atoms with E-state index in [9.17, 15) is 4.79 Å². The van der Waals surface area contributed by atoms with E-state index >= 15 is 0 Å². The van der Waals surface area contributed by atoms with Crippen LogP contribution < -0.4 is 5.32 Å². The van der Waals surface area contributed by atoms with Crippen LogP contribution in [0, 0.1) is 0 Å². The Balaban J connectivity index is 1.85. The summed E-state index contributed by atoms with van der Waals surface area (Å²) in [6, 6.07) is 1.00. The number of ether oxygens (including phenoxy) is 1. The molecule has 1 N–H and O–H groups in total. The lowest BCUT2D eigenvalue weighted by Crippen LogP contribution is -2.51. The van der Waals surface area contributed by atoms with E-state index in [0.717, 1.165) is 6.54 Å². The predicted molar refractivity (Wildman–Crippen MR) is 85.4 cm³/mol. The molecule has 2 atom stereocenters. The second-order valence-corrected chi connectivity index (χ2v) is 7.20. The van der Waals surface area contributed by atoms with Gasteiger partial charge in [-0.3, -0.25) is 4.90 Å². The maximum atomic E-state index is 11.8. The molecule has 2 aliphatic rings. The molecule has 1 aliphatic heterocycles. The Morgan fingerprint density at radius 2 is 2.10 bits per heavy atom. The van der Waals surface area contributed by atoms with Crippen molar-refractivity contribution in [1.82, 2.24) is 10.2 Å². The average Bonchev–Trinajstić information content (AvgIpc) is 2.45. The van der Waals surface area contributed by atoms with Gasteiger partial charge in [0, 0.05) is 18.6 Å². The molecule has 4 heteroatoms. The van der Waals surface area contributed by atoms with Gasteiger partial charge in [0.1, 0.15) is 5.60 Å². The lowest BCUT2D eigenvalue weighted by atomic mass is 9.94. The van der Waals surface area contributed by atoms with Crippen molar-refractivity contribution < 1.29 is 9.53 Å². The van der Waals surface area contributed by atoms with Crippen molar-refractivity contribution in [2.75, 3.05) is 13.1 Å². The molecule has 1 aliphatic carbocycles. The number of alkyl carbamates (subject to hydrolysis) is 1. The minimum Gasteiger partial charge on any atom is -0.444 e. The predicted octanol–water partition coefficient (Wildman–Crippen LogP) is 3.47. The van der Waals surface area contributed by atoms with E-state index in [-0.39, 0.29) is 6.09 Å². The Bertz CT molecular complexity index is 373. The van der Waals surface area contributed by atoms with Gasteiger partial charge in [-0.05, 0) is 59.4 Å². The monoisotopic (exact) mass is 294 g/mol. The third-order valence-corrected chi connectivity index (χ3v) is 4.21. The SMILES string of the molecule is CC(C)(C)OC(=O)NCC1CCCCN1C1C=CCCC1. The van der Waals surface area contributed by atoms with Crippen LogP contribution in [-0.2, 0) is 4.74 Å². The summed E-state index contributed by atoms with van der Waals surface area (Å²) in [5.74, 6) is 0. The Kier molecular flexibility index (Phi) is 5.68. The molecule has 1 amide bonds. The van der Waals surface area contributed by atoms with E-state index in [4.69, 9.17) is 4.74 Å². The van der Waals surface area contributed by atoms with Crippen LogP contribution in [-0.4, -0.2) is 41.8 Å². The molecule has 2 rings (SSSR count). The summed E-state index contributed by atoms with van der Waals surface area (Å²) >= 11 is 0. The standard InChI is InChI=1S/C17H30N2O2/c1-17(2,3)21-16(20)18-13-15-11-7-8-12-19(15)14-9-5-4-6-10-14/h5,9,14-15H,4,6-8,10-13H2,1-3H3,(H,18,20). The van der Waals surface area contributed by atoms with Gasteiger partial charge < -0.3 is 10.1 Å². The molecule has 1 heterocycles. The molecule has 0 radical (unpaired) electrons. The fourth-order valence-corrected chi connectivity index (χ4v) is 3.26. The van der Waals surface area contributed by atoms with E-state index < -0.39 is 5.60 Å². The molecule has 4 nitrogen and oxygen atoms in total. The van der Waals surface area contributed by atoms with Gasteiger partial charge in [-0.25, -0.2) is 4.79 Å². The second kappa shape index (κ2) is 7.30. The van der Waals surface area contributed by atoms with Crippen LogP contribution in [0.5, 0.6) is 0 Å². The van der Waals surface area contributed by atoms with Crippen molar-refractivity contribution in [1.29, 1.82) is 0 Å². The largest absolute Gasteiger partial charge is 0.444 e. The first kappa shape index (κ1) is 16.3. The summed E-state index contributed by atoms with van der Waals surface area (Å²) in [7, 11) is 0. The first-order chi connectivity index (χ1) is 9.96. The summed E-state index contributed by atoms with van der Waals surface area (Å²) in [6.07, 6.45) is 11.8. The second-order valence-electron chi connectivity index (χ2n) is 7.20. The van der Waals surface area contributed by atoms with Gasteiger partial charge >= 0.3 is 6.09 Å². The lowest BCUT2D eigenvalue weighted by Gasteiger charge is -2.41. The number of amides is 1. The van der Waals surface area contributed by atoms with Crippen molar-refractivity contribution in [2.45, 2.75) is 77.0 Å². The number of likely N-dealkylation sites (tertiary alicyclic amines) is 1. The fourth-order valence-electron chi connectivity index (χ4n) is 3.26. The Hall–Kier alpha value is -1.03. The molecule has 0 aromatic carbocycles. The van der Waals surface area contributed by atoms with Gasteiger partial charge in [0.25, 0.3) is 0 Å². The van der Waals surface area contributed by atoms with Crippen LogP contribution >= 0.6 is 0 Å². The van der Waals surface area contributed by atoms with Crippen molar-refractivity contribution in [3.8, 4) is 0 Å². The molecular weight excluding hydrogens is 264 g/mol. The maximum Gasteiger partial charge on any atom is 0.407 e. The van der Waals surface area contributed by atoms with Crippen LogP contribution in [0.25, 0.3) is 0 Å². The number of hydrogen-bond donors (Lipinski definition) is 1. The number of allylic oxidation sites excluding steroid dienone is 1. The zero-order chi connectivity index (χ0) is 15.3. The molecule has 0 spiro atoms. The third-order valence-electron chi connectivity index (χ3n) is 4.21. The zero-order valence-electron chi connectivity index (χ0n) is 13.7. The number of carbonyl (C=O) groups is 1. The van der Waals surface area contributed by atoms with Gasteiger partial charge in [0.2, 0.25) is 0 Å². The molecule has 0 saturated carbocycles. The van der Waals surface area contributed by atoms with Crippen molar-refractivity contribution in [3.63, 3.8) is 0 Å². The summed E-state index contributed by atoms with van der Waals surface area (Å²) in [5.41, 5.74) is -0.428. The van der Waals surface area contributed by atoms with Crippen LogP contribution in [0.2, 0.25) is 0 Å². The molecule has 21 heavy (non-hydrogen) atoms. The molecule has 120 valence electrons. The summed E-state index contributed by atoms with van der Waals surface area (Å²) in [5, 5.41) is 2.95. The lowest BCUT2D eigenvalue weighted by molar-refractivity contribution is 0.0477. The summed E-state index contributed by atoms with van der Waals surface area (Å²) in [6.45, 7) is 7.53.